The highest BCUT2D eigenvalue weighted by atomic mass is 19.3. The van der Waals surface area contributed by atoms with Crippen LogP contribution in [0.25, 0.3) is 0 Å². The lowest BCUT2D eigenvalue weighted by Gasteiger charge is -2.07. The van der Waals surface area contributed by atoms with Gasteiger partial charge in [0.25, 0.3) is 0 Å². The van der Waals surface area contributed by atoms with Crippen LogP contribution in [0.3, 0.4) is 0 Å². The highest BCUT2D eigenvalue weighted by molar-refractivity contribution is 5.89. The first kappa shape index (κ1) is 12.3. The molecule has 0 aliphatic rings. The summed E-state index contributed by atoms with van der Waals surface area (Å²) in [6, 6.07) is 0.784. The molecule has 0 aliphatic heterocycles. The molecule has 0 aromatic heterocycles. The van der Waals surface area contributed by atoms with Gasteiger partial charge in [0.1, 0.15) is 5.82 Å². The van der Waals surface area contributed by atoms with Gasteiger partial charge in [0.05, 0.1) is 12.7 Å². The quantitative estimate of drug-likeness (QED) is 0.599. The molecular formula is C9H6F4O3. The summed E-state index contributed by atoms with van der Waals surface area (Å²) >= 11 is 0. The lowest BCUT2D eigenvalue weighted by molar-refractivity contribution is -0.0523. The van der Waals surface area contributed by atoms with E-state index < -0.39 is 35.5 Å². The van der Waals surface area contributed by atoms with E-state index in [1.807, 2.05) is 0 Å². The van der Waals surface area contributed by atoms with Gasteiger partial charge >= 0.3 is 12.6 Å². The van der Waals surface area contributed by atoms with Gasteiger partial charge in [-0.15, -0.1) is 0 Å². The van der Waals surface area contributed by atoms with Crippen molar-refractivity contribution in [1.82, 2.24) is 0 Å². The van der Waals surface area contributed by atoms with Gasteiger partial charge in [0.2, 0.25) is 0 Å². The second-order valence-electron chi connectivity index (χ2n) is 2.63. The predicted octanol–water partition coefficient (Wildman–Crippen LogP) is 2.35. The van der Waals surface area contributed by atoms with E-state index in [9.17, 15) is 22.4 Å². The standard InChI is InChI=1S/C9H6F4O3/c1-15-8(14)4-2-6(11)7(3-5(4)10)16-9(12)13/h2-3,9H,1H3. The summed E-state index contributed by atoms with van der Waals surface area (Å²) in [4.78, 5) is 10.9. The van der Waals surface area contributed by atoms with Crippen molar-refractivity contribution in [2.24, 2.45) is 0 Å². The lowest BCUT2D eigenvalue weighted by Crippen LogP contribution is -2.08. The summed E-state index contributed by atoms with van der Waals surface area (Å²) in [5.41, 5.74) is -0.693. The number of hydrogen-bond donors (Lipinski definition) is 0. The third-order valence-corrected chi connectivity index (χ3v) is 1.64. The Balaban J connectivity index is 3.11. The molecule has 0 fully saturated rings. The van der Waals surface area contributed by atoms with Crippen molar-refractivity contribution >= 4 is 5.97 Å². The molecular weight excluding hydrogens is 232 g/mol. The molecule has 0 heterocycles. The fourth-order valence-corrected chi connectivity index (χ4v) is 0.981. The summed E-state index contributed by atoms with van der Waals surface area (Å²) in [5.74, 6) is -4.56. The number of carbonyl (C=O) groups is 1. The van der Waals surface area contributed by atoms with E-state index >= 15 is 0 Å². The van der Waals surface area contributed by atoms with E-state index in [1.165, 1.54) is 0 Å². The minimum atomic E-state index is -3.28. The molecule has 0 bridgehead atoms. The molecule has 88 valence electrons. The Labute approximate surface area is 87.6 Å². The van der Waals surface area contributed by atoms with Crippen LogP contribution in [0.15, 0.2) is 12.1 Å². The molecule has 0 amide bonds. The van der Waals surface area contributed by atoms with E-state index in [2.05, 4.69) is 9.47 Å². The first-order chi connectivity index (χ1) is 7.45. The Morgan fingerprint density at radius 3 is 2.38 bits per heavy atom. The van der Waals surface area contributed by atoms with E-state index in [4.69, 9.17) is 0 Å². The van der Waals surface area contributed by atoms with Crippen molar-refractivity contribution in [1.29, 1.82) is 0 Å². The van der Waals surface area contributed by atoms with Crippen LogP contribution in [0.4, 0.5) is 17.6 Å². The van der Waals surface area contributed by atoms with Crippen molar-refractivity contribution in [3.63, 3.8) is 0 Å². The Morgan fingerprint density at radius 2 is 1.88 bits per heavy atom. The van der Waals surface area contributed by atoms with Gasteiger partial charge < -0.3 is 9.47 Å². The number of benzene rings is 1. The van der Waals surface area contributed by atoms with Crippen molar-refractivity contribution in [3.05, 3.63) is 29.3 Å². The zero-order valence-corrected chi connectivity index (χ0v) is 7.97. The molecule has 0 N–H and O–H groups in total. The van der Waals surface area contributed by atoms with Gasteiger partial charge in [-0.05, 0) is 6.07 Å². The molecule has 0 spiro atoms. The minimum Gasteiger partial charge on any atom is -0.465 e. The molecule has 0 aliphatic carbocycles. The monoisotopic (exact) mass is 238 g/mol. The van der Waals surface area contributed by atoms with Gasteiger partial charge in [-0.3, -0.25) is 0 Å². The predicted molar refractivity (Wildman–Crippen MR) is 44.3 cm³/mol. The van der Waals surface area contributed by atoms with Crippen molar-refractivity contribution in [3.8, 4) is 5.75 Å². The topological polar surface area (TPSA) is 35.5 Å². The van der Waals surface area contributed by atoms with Crippen LogP contribution in [0.2, 0.25) is 0 Å². The highest BCUT2D eigenvalue weighted by Gasteiger charge is 2.18. The van der Waals surface area contributed by atoms with Crippen molar-refractivity contribution < 1.29 is 31.8 Å². The molecule has 1 aromatic rings. The molecule has 3 nitrogen and oxygen atoms in total. The molecule has 1 rings (SSSR count). The molecule has 16 heavy (non-hydrogen) atoms. The van der Waals surface area contributed by atoms with Gasteiger partial charge in [-0.1, -0.05) is 0 Å². The molecule has 1 aromatic carbocycles. The molecule has 0 saturated carbocycles. The third-order valence-electron chi connectivity index (χ3n) is 1.64. The third kappa shape index (κ3) is 2.62. The van der Waals surface area contributed by atoms with Crippen molar-refractivity contribution in [2.45, 2.75) is 6.61 Å². The first-order valence-corrected chi connectivity index (χ1v) is 3.98. The largest absolute Gasteiger partial charge is 0.465 e. The average Bonchev–Trinajstić information content (AvgIpc) is 2.21. The maximum Gasteiger partial charge on any atom is 0.387 e. The summed E-state index contributed by atoms with van der Waals surface area (Å²) in [6.07, 6.45) is 0. The number of ether oxygens (including phenoxy) is 2. The van der Waals surface area contributed by atoms with E-state index in [0.717, 1.165) is 7.11 Å². The maximum absolute atomic E-state index is 13.1. The van der Waals surface area contributed by atoms with E-state index in [-0.39, 0.29) is 0 Å². The number of alkyl halides is 2. The van der Waals surface area contributed by atoms with E-state index in [0.29, 0.717) is 12.1 Å². The van der Waals surface area contributed by atoms with E-state index in [1.54, 1.807) is 0 Å². The summed E-state index contributed by atoms with van der Waals surface area (Å²) in [7, 11) is 0.975. The van der Waals surface area contributed by atoms with Gasteiger partial charge in [-0.2, -0.15) is 8.78 Å². The Hall–Kier alpha value is -1.79. The minimum absolute atomic E-state index is 0.355. The van der Waals surface area contributed by atoms with Crippen LogP contribution in [-0.2, 0) is 4.74 Å². The van der Waals surface area contributed by atoms with Crippen molar-refractivity contribution in [2.75, 3.05) is 7.11 Å². The number of methoxy groups -OCH3 is 1. The Bertz CT molecular complexity index is 406. The number of halogens is 4. The summed E-state index contributed by atoms with van der Waals surface area (Å²) in [5, 5.41) is 0. The number of rotatable bonds is 3. The molecule has 0 saturated heterocycles. The van der Waals surface area contributed by atoms with Gasteiger partial charge in [0, 0.05) is 6.07 Å². The van der Waals surface area contributed by atoms with Crippen LogP contribution in [0, 0.1) is 11.6 Å². The number of esters is 1. The van der Waals surface area contributed by atoms with Gasteiger partial charge in [-0.25, -0.2) is 13.6 Å². The van der Waals surface area contributed by atoms with Crippen LogP contribution in [0.1, 0.15) is 10.4 Å². The number of hydrogen-bond acceptors (Lipinski definition) is 3. The highest BCUT2D eigenvalue weighted by Crippen LogP contribution is 2.23. The SMILES string of the molecule is COC(=O)c1cc(F)c(OC(F)F)cc1F. The van der Waals surface area contributed by atoms with Crippen LogP contribution >= 0.6 is 0 Å². The Morgan fingerprint density at radius 1 is 1.25 bits per heavy atom. The average molecular weight is 238 g/mol. The Kier molecular flexibility index (Phi) is 3.70. The summed E-state index contributed by atoms with van der Waals surface area (Å²) < 4.78 is 57.5. The lowest BCUT2D eigenvalue weighted by atomic mass is 10.2. The maximum atomic E-state index is 13.1. The molecule has 0 atom stereocenters. The second kappa shape index (κ2) is 4.82. The zero-order chi connectivity index (χ0) is 12.3. The first-order valence-electron chi connectivity index (χ1n) is 3.98. The fourth-order valence-electron chi connectivity index (χ4n) is 0.981. The van der Waals surface area contributed by atoms with Gasteiger partial charge in [0.15, 0.2) is 11.6 Å². The molecule has 7 heteroatoms. The normalized spacial score (nSPS) is 10.4. The van der Waals surface area contributed by atoms with Crippen LogP contribution < -0.4 is 4.74 Å². The summed E-state index contributed by atoms with van der Waals surface area (Å²) in [6.45, 7) is -3.28. The second-order valence-corrected chi connectivity index (χ2v) is 2.63. The zero-order valence-electron chi connectivity index (χ0n) is 7.97. The van der Waals surface area contributed by atoms with Crippen LogP contribution in [0.5, 0.6) is 5.75 Å². The van der Waals surface area contributed by atoms with Crippen LogP contribution in [-0.4, -0.2) is 19.7 Å². The molecule has 0 radical (unpaired) electrons. The smallest absolute Gasteiger partial charge is 0.387 e. The fraction of sp³-hybridized carbons (Fsp3) is 0.222. The molecule has 0 unspecified atom stereocenters. The number of carbonyl (C=O) groups excluding carboxylic acids is 1.